The third kappa shape index (κ3) is 1.93. The Labute approximate surface area is 99.8 Å². The summed E-state index contributed by atoms with van der Waals surface area (Å²) in [6.07, 6.45) is 2.37. The van der Waals surface area contributed by atoms with Gasteiger partial charge in [0.25, 0.3) is 0 Å². The monoisotopic (exact) mass is 237 g/mol. The highest BCUT2D eigenvalue weighted by molar-refractivity contribution is 5.79. The Balaban J connectivity index is 2.29. The quantitative estimate of drug-likeness (QED) is 0.820. The van der Waals surface area contributed by atoms with Gasteiger partial charge < -0.3 is 10.5 Å². The molecule has 4 heteroatoms. The lowest BCUT2D eigenvalue weighted by Crippen LogP contribution is -2.47. The highest BCUT2D eigenvalue weighted by Gasteiger charge is 2.50. The third-order valence-electron chi connectivity index (χ3n) is 3.64. The van der Waals surface area contributed by atoms with Crippen LogP contribution in [0.15, 0.2) is 24.3 Å². The summed E-state index contributed by atoms with van der Waals surface area (Å²) in [6.45, 7) is 0. The van der Waals surface area contributed by atoms with Crippen LogP contribution in [0, 0.1) is 11.2 Å². The fourth-order valence-electron chi connectivity index (χ4n) is 2.42. The molecule has 0 heterocycles. The van der Waals surface area contributed by atoms with Crippen LogP contribution in [0.2, 0.25) is 0 Å². The van der Waals surface area contributed by atoms with Gasteiger partial charge in [-0.3, -0.25) is 4.79 Å². The van der Waals surface area contributed by atoms with Gasteiger partial charge in [-0.2, -0.15) is 0 Å². The van der Waals surface area contributed by atoms with E-state index in [1.165, 1.54) is 19.2 Å². The van der Waals surface area contributed by atoms with Gasteiger partial charge in [0.15, 0.2) is 0 Å². The molecule has 92 valence electrons. The number of carbonyl (C=O) groups excluding carboxylic acids is 1. The van der Waals surface area contributed by atoms with E-state index >= 15 is 0 Å². The molecule has 17 heavy (non-hydrogen) atoms. The predicted octanol–water partition coefficient (Wildman–Crippen LogP) is 2.17. The van der Waals surface area contributed by atoms with E-state index in [4.69, 9.17) is 10.5 Å². The molecule has 1 aromatic rings. The summed E-state index contributed by atoms with van der Waals surface area (Å²) in [6, 6.07) is 5.60. The molecule has 0 spiro atoms. The van der Waals surface area contributed by atoms with Crippen LogP contribution in [0.4, 0.5) is 4.39 Å². The molecule has 0 saturated heterocycles. The maximum Gasteiger partial charge on any atom is 0.313 e. The van der Waals surface area contributed by atoms with Gasteiger partial charge in [0.1, 0.15) is 5.82 Å². The van der Waals surface area contributed by atoms with Crippen molar-refractivity contribution in [3.63, 3.8) is 0 Å². The molecule has 1 aromatic carbocycles. The zero-order chi connectivity index (χ0) is 12.5. The third-order valence-corrected chi connectivity index (χ3v) is 3.64. The summed E-state index contributed by atoms with van der Waals surface area (Å²) >= 11 is 0. The van der Waals surface area contributed by atoms with Gasteiger partial charge >= 0.3 is 5.97 Å². The molecule has 0 amide bonds. The Bertz CT molecular complexity index is 429. The molecule has 1 fully saturated rings. The van der Waals surface area contributed by atoms with Crippen LogP contribution in [-0.4, -0.2) is 13.1 Å². The standard InChI is InChI=1S/C13H16FNO2/c1-17-12(16)13(6-3-7-13)11(15)9-4-2-5-10(14)8-9/h2,4-5,8,11H,3,6-7,15H2,1H3. The number of halogens is 1. The zero-order valence-corrected chi connectivity index (χ0v) is 9.78. The number of nitrogens with two attached hydrogens (primary N) is 1. The minimum absolute atomic E-state index is 0.291. The van der Waals surface area contributed by atoms with Crippen molar-refractivity contribution in [1.82, 2.24) is 0 Å². The van der Waals surface area contributed by atoms with E-state index in [2.05, 4.69) is 0 Å². The van der Waals surface area contributed by atoms with E-state index in [0.29, 0.717) is 18.4 Å². The van der Waals surface area contributed by atoms with E-state index in [0.717, 1.165) is 6.42 Å². The van der Waals surface area contributed by atoms with Crippen LogP contribution < -0.4 is 5.73 Å². The molecule has 2 rings (SSSR count). The van der Waals surface area contributed by atoms with Crippen LogP contribution in [0.3, 0.4) is 0 Å². The van der Waals surface area contributed by atoms with Gasteiger partial charge in [0, 0.05) is 6.04 Å². The van der Waals surface area contributed by atoms with Gasteiger partial charge in [-0.1, -0.05) is 18.6 Å². The minimum atomic E-state index is -0.664. The second-order valence-corrected chi connectivity index (χ2v) is 4.53. The summed E-state index contributed by atoms with van der Waals surface area (Å²) in [5, 5.41) is 0. The molecule has 1 atom stereocenters. The molecule has 0 bridgehead atoms. The molecule has 1 aliphatic carbocycles. The largest absolute Gasteiger partial charge is 0.469 e. The molecular formula is C13H16FNO2. The van der Waals surface area contributed by atoms with Crippen molar-refractivity contribution in [3.8, 4) is 0 Å². The second-order valence-electron chi connectivity index (χ2n) is 4.53. The average molecular weight is 237 g/mol. The SMILES string of the molecule is COC(=O)C1(C(N)c2cccc(F)c2)CCC1. The number of carbonyl (C=O) groups is 1. The smallest absolute Gasteiger partial charge is 0.313 e. The molecule has 3 nitrogen and oxygen atoms in total. The average Bonchev–Trinajstić information content (AvgIpc) is 2.27. The molecule has 1 saturated carbocycles. The summed E-state index contributed by atoms with van der Waals surface area (Å²) in [5.74, 6) is -0.627. The molecular weight excluding hydrogens is 221 g/mol. The summed E-state index contributed by atoms with van der Waals surface area (Å²) in [7, 11) is 1.36. The Hall–Kier alpha value is -1.42. The first-order chi connectivity index (χ1) is 8.10. The van der Waals surface area contributed by atoms with E-state index in [9.17, 15) is 9.18 Å². The van der Waals surface area contributed by atoms with Crippen LogP contribution in [0.5, 0.6) is 0 Å². The van der Waals surface area contributed by atoms with Gasteiger partial charge in [0.2, 0.25) is 0 Å². The maximum atomic E-state index is 13.1. The Morgan fingerprint density at radius 3 is 2.71 bits per heavy atom. The van der Waals surface area contributed by atoms with Crippen molar-refractivity contribution in [2.24, 2.45) is 11.1 Å². The lowest BCUT2D eigenvalue weighted by molar-refractivity contribution is -0.160. The number of esters is 1. The number of hydrogen-bond acceptors (Lipinski definition) is 3. The first kappa shape index (κ1) is 12.0. The fourth-order valence-corrected chi connectivity index (χ4v) is 2.42. The Kier molecular flexibility index (Phi) is 3.15. The number of hydrogen-bond donors (Lipinski definition) is 1. The lowest BCUT2D eigenvalue weighted by Gasteiger charge is -2.43. The van der Waals surface area contributed by atoms with Gasteiger partial charge in [-0.05, 0) is 30.5 Å². The molecule has 1 aliphatic rings. The van der Waals surface area contributed by atoms with Gasteiger partial charge in [-0.25, -0.2) is 4.39 Å². The Morgan fingerprint density at radius 1 is 1.53 bits per heavy atom. The number of methoxy groups -OCH3 is 1. The van der Waals surface area contributed by atoms with Crippen molar-refractivity contribution in [2.45, 2.75) is 25.3 Å². The molecule has 0 radical (unpaired) electrons. The number of rotatable bonds is 3. The molecule has 2 N–H and O–H groups in total. The molecule has 0 aliphatic heterocycles. The van der Waals surface area contributed by atoms with Crippen LogP contribution >= 0.6 is 0 Å². The van der Waals surface area contributed by atoms with E-state index in [-0.39, 0.29) is 11.8 Å². The van der Waals surface area contributed by atoms with Crippen molar-refractivity contribution in [2.75, 3.05) is 7.11 Å². The zero-order valence-electron chi connectivity index (χ0n) is 9.78. The van der Waals surface area contributed by atoms with Crippen molar-refractivity contribution in [1.29, 1.82) is 0 Å². The summed E-state index contributed by atoms with van der Waals surface area (Å²) in [5.41, 5.74) is 6.10. The first-order valence-electron chi connectivity index (χ1n) is 5.69. The van der Waals surface area contributed by atoms with E-state index in [1.807, 2.05) is 0 Å². The number of benzene rings is 1. The maximum absolute atomic E-state index is 13.1. The van der Waals surface area contributed by atoms with Gasteiger partial charge in [-0.15, -0.1) is 0 Å². The summed E-state index contributed by atoms with van der Waals surface area (Å²) in [4.78, 5) is 11.8. The van der Waals surface area contributed by atoms with Crippen LogP contribution in [-0.2, 0) is 9.53 Å². The minimum Gasteiger partial charge on any atom is -0.469 e. The topological polar surface area (TPSA) is 52.3 Å². The molecule has 0 aromatic heterocycles. The normalized spacial score (nSPS) is 19.2. The van der Waals surface area contributed by atoms with Crippen molar-refractivity contribution >= 4 is 5.97 Å². The summed E-state index contributed by atoms with van der Waals surface area (Å²) < 4.78 is 18.0. The highest BCUT2D eigenvalue weighted by Crippen LogP contribution is 2.50. The Morgan fingerprint density at radius 2 is 2.24 bits per heavy atom. The van der Waals surface area contributed by atoms with Gasteiger partial charge in [0.05, 0.1) is 12.5 Å². The first-order valence-corrected chi connectivity index (χ1v) is 5.69. The highest BCUT2D eigenvalue weighted by atomic mass is 19.1. The lowest BCUT2D eigenvalue weighted by atomic mass is 9.62. The number of ether oxygens (including phenoxy) is 1. The van der Waals surface area contributed by atoms with Crippen molar-refractivity contribution in [3.05, 3.63) is 35.6 Å². The predicted molar refractivity (Wildman–Crippen MR) is 61.6 cm³/mol. The molecule has 1 unspecified atom stereocenters. The fraction of sp³-hybridized carbons (Fsp3) is 0.462. The van der Waals surface area contributed by atoms with Crippen LogP contribution in [0.1, 0.15) is 30.9 Å². The van der Waals surface area contributed by atoms with Crippen LogP contribution in [0.25, 0.3) is 0 Å². The van der Waals surface area contributed by atoms with E-state index < -0.39 is 11.5 Å². The van der Waals surface area contributed by atoms with E-state index in [1.54, 1.807) is 12.1 Å². The van der Waals surface area contributed by atoms with Crippen molar-refractivity contribution < 1.29 is 13.9 Å². The second kappa shape index (κ2) is 4.45.